The molecule has 2 atom stereocenters. The molecule has 2 unspecified atom stereocenters. The van der Waals surface area contributed by atoms with Crippen molar-refractivity contribution < 1.29 is 14.6 Å². The van der Waals surface area contributed by atoms with Gasteiger partial charge in [0, 0.05) is 12.6 Å². The molecule has 5 nitrogen and oxygen atoms in total. The molecule has 1 aromatic carbocycles. The summed E-state index contributed by atoms with van der Waals surface area (Å²) in [6.45, 7) is 6.42. The van der Waals surface area contributed by atoms with Crippen LogP contribution in [0.25, 0.3) is 0 Å². The predicted molar refractivity (Wildman–Crippen MR) is 83.4 cm³/mol. The van der Waals surface area contributed by atoms with Gasteiger partial charge in [-0.3, -0.25) is 0 Å². The number of benzene rings is 1. The van der Waals surface area contributed by atoms with Crippen LogP contribution in [-0.2, 0) is 0 Å². The Balaban J connectivity index is 2.31. The Hall–Kier alpha value is -1.75. The van der Waals surface area contributed by atoms with Crippen molar-refractivity contribution in [3.8, 4) is 5.75 Å². The lowest BCUT2D eigenvalue weighted by Gasteiger charge is -2.22. The van der Waals surface area contributed by atoms with Crippen molar-refractivity contribution in [2.24, 2.45) is 5.92 Å². The Morgan fingerprint density at radius 1 is 1.24 bits per heavy atom. The van der Waals surface area contributed by atoms with E-state index >= 15 is 0 Å². The van der Waals surface area contributed by atoms with Crippen LogP contribution in [0.5, 0.6) is 5.75 Å². The molecule has 0 fully saturated rings. The van der Waals surface area contributed by atoms with Crippen LogP contribution in [0.4, 0.5) is 4.79 Å². The van der Waals surface area contributed by atoms with Crippen LogP contribution in [0.2, 0.25) is 0 Å². The van der Waals surface area contributed by atoms with Crippen LogP contribution < -0.4 is 15.4 Å². The molecule has 0 aromatic heterocycles. The first-order valence-electron chi connectivity index (χ1n) is 7.39. The van der Waals surface area contributed by atoms with Crippen molar-refractivity contribution >= 4 is 6.03 Å². The van der Waals surface area contributed by atoms with Crippen LogP contribution in [0.15, 0.2) is 30.3 Å². The van der Waals surface area contributed by atoms with Gasteiger partial charge in [-0.2, -0.15) is 0 Å². The molecule has 118 valence electrons. The Bertz CT molecular complexity index is 409. The Morgan fingerprint density at radius 3 is 2.48 bits per heavy atom. The van der Waals surface area contributed by atoms with Crippen LogP contribution in [0.3, 0.4) is 0 Å². The summed E-state index contributed by atoms with van der Waals surface area (Å²) in [6, 6.07) is 9.25. The highest BCUT2D eigenvalue weighted by molar-refractivity contribution is 5.74. The van der Waals surface area contributed by atoms with Gasteiger partial charge in [0.1, 0.15) is 11.9 Å². The normalized spacial score (nSPS) is 13.6. The summed E-state index contributed by atoms with van der Waals surface area (Å²) < 4.78 is 5.68. The zero-order valence-corrected chi connectivity index (χ0v) is 13.0. The van der Waals surface area contributed by atoms with Gasteiger partial charge in [-0.05, 0) is 31.4 Å². The Morgan fingerprint density at radius 2 is 1.90 bits per heavy atom. The average molecular weight is 294 g/mol. The fourth-order valence-corrected chi connectivity index (χ4v) is 1.94. The smallest absolute Gasteiger partial charge is 0.315 e. The highest BCUT2D eigenvalue weighted by Gasteiger charge is 2.15. The lowest BCUT2D eigenvalue weighted by atomic mass is 10.0. The van der Waals surface area contributed by atoms with Gasteiger partial charge in [0.2, 0.25) is 0 Å². The van der Waals surface area contributed by atoms with E-state index in [1.54, 1.807) is 0 Å². The van der Waals surface area contributed by atoms with Gasteiger partial charge in [-0.15, -0.1) is 0 Å². The van der Waals surface area contributed by atoms with Gasteiger partial charge in [-0.25, -0.2) is 4.79 Å². The van der Waals surface area contributed by atoms with Gasteiger partial charge in [-0.1, -0.05) is 32.0 Å². The van der Waals surface area contributed by atoms with Crippen LogP contribution >= 0.6 is 0 Å². The second-order valence-corrected chi connectivity index (χ2v) is 5.46. The van der Waals surface area contributed by atoms with Crippen LogP contribution in [0, 0.1) is 5.92 Å². The largest absolute Gasteiger partial charge is 0.489 e. The molecule has 0 saturated carbocycles. The lowest BCUT2D eigenvalue weighted by Crippen LogP contribution is -2.47. The third-order valence-electron chi connectivity index (χ3n) is 3.19. The monoisotopic (exact) mass is 294 g/mol. The zero-order valence-electron chi connectivity index (χ0n) is 13.0. The van der Waals surface area contributed by atoms with E-state index in [2.05, 4.69) is 10.6 Å². The second-order valence-electron chi connectivity index (χ2n) is 5.46. The Kier molecular flexibility index (Phi) is 7.61. The molecule has 5 heteroatoms. The maximum Gasteiger partial charge on any atom is 0.315 e. The number of ether oxygens (including phenoxy) is 1. The summed E-state index contributed by atoms with van der Waals surface area (Å²) in [5, 5.41) is 14.6. The van der Waals surface area contributed by atoms with Crippen molar-refractivity contribution in [3.05, 3.63) is 30.3 Å². The number of urea groups is 1. The first-order chi connectivity index (χ1) is 10.0. The minimum absolute atomic E-state index is 0.0275. The summed E-state index contributed by atoms with van der Waals surface area (Å²) in [7, 11) is 0. The lowest BCUT2D eigenvalue weighted by molar-refractivity contribution is 0.199. The SMILES string of the molecule is CC(CNC(=O)NC(CCO)C(C)C)Oc1ccccc1. The van der Waals surface area contributed by atoms with E-state index in [0.717, 1.165) is 5.75 Å². The molecule has 0 heterocycles. The number of amides is 2. The predicted octanol–water partition coefficient (Wildman–Crippen LogP) is 2.16. The van der Waals surface area contributed by atoms with E-state index in [-0.39, 0.29) is 30.7 Å². The number of hydrogen-bond acceptors (Lipinski definition) is 3. The molecule has 3 N–H and O–H groups in total. The van der Waals surface area contributed by atoms with Crippen LogP contribution in [-0.4, -0.2) is 36.4 Å². The molecule has 1 aromatic rings. The average Bonchev–Trinajstić information content (AvgIpc) is 2.45. The molecule has 0 bridgehead atoms. The van der Waals surface area contributed by atoms with Crippen molar-refractivity contribution in [3.63, 3.8) is 0 Å². The third kappa shape index (κ3) is 6.99. The second kappa shape index (κ2) is 9.23. The Labute approximate surface area is 126 Å². The number of aliphatic hydroxyl groups is 1. The number of nitrogens with one attached hydrogen (secondary N) is 2. The number of para-hydroxylation sites is 1. The topological polar surface area (TPSA) is 70.6 Å². The first kappa shape index (κ1) is 17.3. The maximum absolute atomic E-state index is 11.8. The quantitative estimate of drug-likeness (QED) is 0.688. The van der Waals surface area contributed by atoms with E-state index in [4.69, 9.17) is 9.84 Å². The number of rotatable bonds is 8. The summed E-state index contributed by atoms with van der Waals surface area (Å²) in [6.07, 6.45) is 0.440. The molecule has 1 rings (SSSR count). The molecule has 0 saturated heterocycles. The molecule has 2 amide bonds. The van der Waals surface area contributed by atoms with Crippen LogP contribution in [0.1, 0.15) is 27.2 Å². The van der Waals surface area contributed by atoms with Gasteiger partial charge >= 0.3 is 6.03 Å². The number of carbonyl (C=O) groups excluding carboxylic acids is 1. The summed E-state index contributed by atoms with van der Waals surface area (Å²) >= 11 is 0. The van der Waals surface area contributed by atoms with Gasteiger partial charge in [0.15, 0.2) is 0 Å². The highest BCUT2D eigenvalue weighted by atomic mass is 16.5. The molecule has 0 radical (unpaired) electrons. The highest BCUT2D eigenvalue weighted by Crippen LogP contribution is 2.10. The molecule has 21 heavy (non-hydrogen) atoms. The van der Waals surface area contributed by atoms with E-state index in [1.807, 2.05) is 51.1 Å². The fourth-order valence-electron chi connectivity index (χ4n) is 1.94. The summed E-state index contributed by atoms with van der Waals surface area (Å²) in [5.41, 5.74) is 0. The van der Waals surface area contributed by atoms with Crippen molar-refractivity contribution in [1.82, 2.24) is 10.6 Å². The van der Waals surface area contributed by atoms with Gasteiger partial charge < -0.3 is 20.5 Å². The van der Waals surface area contributed by atoms with Crippen molar-refractivity contribution in [1.29, 1.82) is 0 Å². The maximum atomic E-state index is 11.8. The molecule has 0 aliphatic rings. The van der Waals surface area contributed by atoms with Crippen molar-refractivity contribution in [2.75, 3.05) is 13.2 Å². The van der Waals surface area contributed by atoms with E-state index in [9.17, 15) is 4.79 Å². The molecule has 0 spiro atoms. The van der Waals surface area contributed by atoms with E-state index < -0.39 is 0 Å². The number of hydrogen-bond donors (Lipinski definition) is 3. The van der Waals surface area contributed by atoms with E-state index in [1.165, 1.54) is 0 Å². The van der Waals surface area contributed by atoms with Gasteiger partial charge in [0.05, 0.1) is 6.54 Å². The fraction of sp³-hybridized carbons (Fsp3) is 0.562. The minimum atomic E-state index is -0.231. The minimum Gasteiger partial charge on any atom is -0.489 e. The first-order valence-corrected chi connectivity index (χ1v) is 7.39. The van der Waals surface area contributed by atoms with Crippen molar-refractivity contribution in [2.45, 2.75) is 39.3 Å². The standard InChI is InChI=1S/C16H26N2O3/c1-12(2)15(9-10-19)18-16(20)17-11-13(3)21-14-7-5-4-6-8-14/h4-8,12-13,15,19H,9-11H2,1-3H3,(H2,17,18,20). The molecular formula is C16H26N2O3. The summed E-state index contributed by atoms with van der Waals surface area (Å²) in [5.74, 6) is 1.06. The summed E-state index contributed by atoms with van der Waals surface area (Å²) in [4.78, 5) is 11.8. The zero-order chi connectivity index (χ0) is 15.7. The molecular weight excluding hydrogens is 268 g/mol. The molecule has 0 aliphatic heterocycles. The van der Waals surface area contributed by atoms with Gasteiger partial charge in [0.25, 0.3) is 0 Å². The number of carbonyl (C=O) groups is 1. The number of aliphatic hydroxyl groups excluding tert-OH is 1. The van der Waals surface area contributed by atoms with E-state index in [0.29, 0.717) is 13.0 Å². The third-order valence-corrected chi connectivity index (χ3v) is 3.19. The molecule has 0 aliphatic carbocycles.